The molecule has 0 aromatic heterocycles. The predicted molar refractivity (Wildman–Crippen MR) is 238 cm³/mol. The van der Waals surface area contributed by atoms with Crippen molar-refractivity contribution < 1.29 is 48.6 Å². The second kappa shape index (κ2) is 32.4. The number of guanidine groups is 2. The second-order valence-electron chi connectivity index (χ2n) is 14.9. The molecular formula is C37H71N15O10S. The number of amides is 7. The first-order valence-corrected chi connectivity index (χ1v) is 22.0. The molecule has 0 bridgehead atoms. The number of nitrogens with one attached hydrogen (secondary N) is 7. The van der Waals surface area contributed by atoms with Gasteiger partial charge in [0.05, 0.1) is 25.3 Å². The third kappa shape index (κ3) is 24.8. The molecule has 8 atom stereocenters. The molecule has 0 spiro atoms. The van der Waals surface area contributed by atoms with E-state index in [9.17, 15) is 48.6 Å². The molecule has 21 N–H and O–H groups in total. The highest BCUT2D eigenvalue weighted by Crippen LogP contribution is 2.09. The molecule has 0 aliphatic carbocycles. The van der Waals surface area contributed by atoms with Crippen molar-refractivity contribution in [3.63, 3.8) is 0 Å². The molecule has 0 aromatic rings. The predicted octanol–water partition coefficient (Wildman–Crippen LogP) is -6.44. The van der Waals surface area contributed by atoms with Crippen molar-refractivity contribution in [2.24, 2.45) is 50.3 Å². The minimum Gasteiger partial charge on any atom is -0.394 e. The maximum absolute atomic E-state index is 13.7. The van der Waals surface area contributed by atoms with Crippen molar-refractivity contribution in [3.8, 4) is 0 Å². The summed E-state index contributed by atoms with van der Waals surface area (Å²) in [5.74, 6) is -5.94. The lowest BCUT2D eigenvalue weighted by Crippen LogP contribution is -2.59. The van der Waals surface area contributed by atoms with E-state index < -0.39 is 109 Å². The topological polar surface area (TPSA) is 442 Å². The van der Waals surface area contributed by atoms with E-state index in [1.807, 2.05) is 6.26 Å². The van der Waals surface area contributed by atoms with Crippen LogP contribution in [0.15, 0.2) is 9.98 Å². The SMILES string of the molecule is CSCC[C@H](NC(=O)[C@@H](NC(=O)[C@H](CCCCN)NC(=O)CNC(=O)[C@H](CO)NC(=O)[C@H](CCCN=C(N)N)NC(=O)[C@@H](N)[C@@H](C)O)C(C)C)C(=O)N[C@H](C=O)CCCN=C(N)N. The molecular weight excluding hydrogens is 847 g/mol. The lowest BCUT2D eigenvalue weighted by Gasteiger charge is -2.28. The molecule has 0 saturated heterocycles. The van der Waals surface area contributed by atoms with Gasteiger partial charge in [-0.2, -0.15) is 11.8 Å². The molecule has 0 radical (unpaired) electrons. The van der Waals surface area contributed by atoms with Gasteiger partial charge in [-0.25, -0.2) is 0 Å². The lowest BCUT2D eigenvalue weighted by molar-refractivity contribution is -0.135. The van der Waals surface area contributed by atoms with Crippen LogP contribution in [0.4, 0.5) is 0 Å². The number of hydrogen-bond acceptors (Lipinski definition) is 15. The van der Waals surface area contributed by atoms with Crippen LogP contribution in [0, 0.1) is 5.92 Å². The summed E-state index contributed by atoms with van der Waals surface area (Å²) >= 11 is 1.43. The Balaban J connectivity index is 5.86. The Bertz CT molecular complexity index is 1530. The quantitative estimate of drug-likeness (QED) is 0.0126. The molecule has 360 valence electrons. The van der Waals surface area contributed by atoms with Crippen molar-refractivity contribution in [1.82, 2.24) is 37.2 Å². The van der Waals surface area contributed by atoms with E-state index in [0.717, 1.165) is 0 Å². The van der Waals surface area contributed by atoms with Gasteiger partial charge in [0, 0.05) is 13.1 Å². The van der Waals surface area contributed by atoms with Gasteiger partial charge in [0.15, 0.2) is 11.9 Å². The third-order valence-corrected chi connectivity index (χ3v) is 9.83. The summed E-state index contributed by atoms with van der Waals surface area (Å²) in [5.41, 5.74) is 32.7. The van der Waals surface area contributed by atoms with Gasteiger partial charge in [-0.1, -0.05) is 13.8 Å². The fraction of sp³-hybridized carbons (Fsp3) is 0.730. The first kappa shape index (κ1) is 57.7. The van der Waals surface area contributed by atoms with Gasteiger partial charge >= 0.3 is 0 Å². The maximum atomic E-state index is 13.7. The largest absolute Gasteiger partial charge is 0.394 e. The van der Waals surface area contributed by atoms with Crippen LogP contribution in [0.3, 0.4) is 0 Å². The minimum absolute atomic E-state index is 0.0323. The number of aliphatic hydroxyl groups excluding tert-OH is 2. The molecule has 0 aliphatic rings. The van der Waals surface area contributed by atoms with E-state index in [1.165, 1.54) is 18.7 Å². The summed E-state index contributed by atoms with van der Waals surface area (Å²) in [7, 11) is 0. The number of thioether (sulfide) groups is 1. The monoisotopic (exact) mass is 918 g/mol. The summed E-state index contributed by atoms with van der Waals surface area (Å²) in [4.78, 5) is 112. The number of nitrogens with zero attached hydrogens (tertiary/aromatic N) is 2. The molecule has 25 nitrogen and oxygen atoms in total. The third-order valence-electron chi connectivity index (χ3n) is 9.19. The molecule has 0 aliphatic heterocycles. The molecule has 0 fully saturated rings. The molecule has 0 aromatic carbocycles. The van der Waals surface area contributed by atoms with Gasteiger partial charge in [0.1, 0.15) is 42.5 Å². The number of nitrogens with two attached hydrogens (primary N) is 6. The highest BCUT2D eigenvalue weighted by Gasteiger charge is 2.33. The zero-order valence-corrected chi connectivity index (χ0v) is 37.4. The second-order valence-corrected chi connectivity index (χ2v) is 15.9. The van der Waals surface area contributed by atoms with Crippen LogP contribution in [0.25, 0.3) is 0 Å². The Morgan fingerprint density at radius 3 is 1.68 bits per heavy atom. The number of carbonyl (C=O) groups excluding carboxylic acids is 8. The van der Waals surface area contributed by atoms with Crippen LogP contribution in [0.5, 0.6) is 0 Å². The molecule has 0 unspecified atom stereocenters. The van der Waals surface area contributed by atoms with Crippen LogP contribution < -0.4 is 71.6 Å². The van der Waals surface area contributed by atoms with E-state index in [2.05, 4.69) is 47.2 Å². The van der Waals surface area contributed by atoms with Crippen molar-refractivity contribution >= 4 is 71.3 Å². The van der Waals surface area contributed by atoms with Crippen LogP contribution in [0.2, 0.25) is 0 Å². The number of unbranched alkanes of at least 4 members (excludes halogenated alkanes) is 1. The first-order chi connectivity index (χ1) is 29.7. The first-order valence-electron chi connectivity index (χ1n) is 20.6. The van der Waals surface area contributed by atoms with Gasteiger partial charge in [0.2, 0.25) is 41.4 Å². The number of carbonyl (C=O) groups is 8. The Kier molecular flexibility index (Phi) is 29.6. The van der Waals surface area contributed by atoms with Crippen LogP contribution >= 0.6 is 11.8 Å². The van der Waals surface area contributed by atoms with Crippen molar-refractivity contribution in [2.75, 3.05) is 44.8 Å². The van der Waals surface area contributed by atoms with Gasteiger partial charge in [-0.05, 0) is 82.8 Å². The van der Waals surface area contributed by atoms with Crippen molar-refractivity contribution in [1.29, 1.82) is 0 Å². The van der Waals surface area contributed by atoms with Gasteiger partial charge in [0.25, 0.3) is 0 Å². The molecule has 0 saturated carbocycles. The number of aldehydes is 1. The number of hydrogen-bond donors (Lipinski definition) is 15. The fourth-order valence-electron chi connectivity index (χ4n) is 5.56. The summed E-state index contributed by atoms with van der Waals surface area (Å²) in [6.45, 7) is 3.62. The molecule has 7 amide bonds. The van der Waals surface area contributed by atoms with Crippen LogP contribution in [0.1, 0.15) is 72.1 Å². The van der Waals surface area contributed by atoms with Gasteiger partial charge in [-0.3, -0.25) is 43.5 Å². The zero-order chi connectivity index (χ0) is 48.1. The summed E-state index contributed by atoms with van der Waals surface area (Å²) in [5, 5.41) is 37.1. The number of rotatable bonds is 33. The van der Waals surface area contributed by atoms with Crippen LogP contribution in [-0.2, 0) is 38.4 Å². The van der Waals surface area contributed by atoms with Crippen molar-refractivity contribution in [2.45, 2.75) is 121 Å². The number of aliphatic imine (C=N–C) groups is 2. The van der Waals surface area contributed by atoms with E-state index in [1.54, 1.807) is 13.8 Å². The van der Waals surface area contributed by atoms with E-state index in [-0.39, 0.29) is 57.1 Å². The highest BCUT2D eigenvalue weighted by atomic mass is 32.2. The highest BCUT2D eigenvalue weighted by molar-refractivity contribution is 7.98. The molecule has 0 heterocycles. The Labute approximate surface area is 372 Å². The standard InChI is InChI=1S/C37H71N15O10S/c1-20(2)29(35(62)50-25(12-16-63-4)31(58)47-22(18-53)9-7-14-44-36(40)41)52-33(60)23(10-5-6-13-38)48-27(56)17-46-30(57)26(19-54)51-32(59)24(11-8-15-45-37(42)43)49-34(61)28(39)21(3)55/h18,20-26,28-29,54-55H,5-17,19,38-39H2,1-4H3,(H,46,57)(H,47,58)(H,48,56)(H,49,61)(H,50,62)(H,51,59)(H,52,60)(H4,40,41,44)(H4,42,43,45)/t21-,22+,23+,24+,25+,26+,28+,29+/m1/s1. The molecule has 26 heteroatoms. The Morgan fingerprint density at radius 1 is 0.651 bits per heavy atom. The van der Waals surface area contributed by atoms with Crippen LogP contribution in [-0.4, -0.2) is 163 Å². The van der Waals surface area contributed by atoms with Crippen molar-refractivity contribution in [3.05, 3.63) is 0 Å². The number of aliphatic hydroxyl groups is 2. The Hall–Kier alpha value is -5.31. The summed E-state index contributed by atoms with van der Waals surface area (Å²) < 4.78 is 0. The average Bonchev–Trinajstić information content (AvgIpc) is 3.22. The normalized spacial score (nSPS) is 14.7. The van der Waals surface area contributed by atoms with E-state index in [0.29, 0.717) is 37.8 Å². The minimum atomic E-state index is -1.59. The zero-order valence-electron chi connectivity index (χ0n) is 36.6. The maximum Gasteiger partial charge on any atom is 0.245 e. The smallest absolute Gasteiger partial charge is 0.245 e. The fourth-order valence-corrected chi connectivity index (χ4v) is 6.03. The summed E-state index contributed by atoms with van der Waals surface area (Å²) in [6.07, 6.45) is 3.13. The van der Waals surface area contributed by atoms with E-state index in [4.69, 9.17) is 34.4 Å². The van der Waals surface area contributed by atoms with E-state index >= 15 is 0 Å². The molecule has 63 heavy (non-hydrogen) atoms. The Morgan fingerprint density at radius 2 is 1.16 bits per heavy atom. The average molecular weight is 918 g/mol. The lowest BCUT2D eigenvalue weighted by atomic mass is 10.0. The molecule has 0 rings (SSSR count). The summed E-state index contributed by atoms with van der Waals surface area (Å²) in [6, 6.07) is -8.58. The van der Waals surface area contributed by atoms with Gasteiger partial charge in [-0.15, -0.1) is 0 Å². The van der Waals surface area contributed by atoms with Gasteiger partial charge < -0.3 is 86.6 Å².